The van der Waals surface area contributed by atoms with Gasteiger partial charge in [-0.15, -0.1) is 0 Å². The highest BCUT2D eigenvalue weighted by Gasteiger charge is 2.31. The first-order valence-corrected chi connectivity index (χ1v) is 6.89. The molecule has 0 aliphatic rings. The molecule has 0 aliphatic heterocycles. The third-order valence-electron chi connectivity index (χ3n) is 3.12. The highest BCUT2D eigenvalue weighted by atomic mass is 35.5. The Morgan fingerprint density at radius 1 is 1.29 bits per heavy atom. The average Bonchev–Trinajstić information content (AvgIpc) is 2.36. The van der Waals surface area contributed by atoms with Gasteiger partial charge in [-0.05, 0) is 31.0 Å². The zero-order valence-corrected chi connectivity index (χ0v) is 12.8. The molecule has 1 rings (SSSR count). The van der Waals surface area contributed by atoms with Crippen molar-refractivity contribution in [2.24, 2.45) is 5.92 Å². The van der Waals surface area contributed by atoms with Crippen molar-refractivity contribution in [3.8, 4) is 0 Å². The maximum Gasteiger partial charge on any atom is 0.416 e. The van der Waals surface area contributed by atoms with E-state index in [1.54, 1.807) is 0 Å². The molecule has 0 radical (unpaired) electrons. The van der Waals surface area contributed by atoms with Crippen molar-refractivity contribution in [2.45, 2.75) is 33.0 Å². The maximum atomic E-state index is 12.6. The third kappa shape index (κ3) is 5.46. The number of hydrogen-bond acceptors (Lipinski definition) is 2. The van der Waals surface area contributed by atoms with Gasteiger partial charge in [-0.25, -0.2) is 0 Å². The van der Waals surface area contributed by atoms with Crippen molar-refractivity contribution in [1.29, 1.82) is 0 Å². The second-order valence-corrected chi connectivity index (χ2v) is 5.55. The van der Waals surface area contributed by atoms with Gasteiger partial charge in [0.25, 0.3) is 0 Å². The highest BCUT2D eigenvalue weighted by Crippen LogP contribution is 2.33. The normalized spacial score (nSPS) is 13.1. The Labute approximate surface area is 126 Å². The van der Waals surface area contributed by atoms with E-state index < -0.39 is 11.7 Å². The summed E-state index contributed by atoms with van der Waals surface area (Å²) >= 11 is 5.82. The number of nitrogens with one attached hydrogen (secondary N) is 2. The van der Waals surface area contributed by atoms with Crippen LogP contribution in [0.5, 0.6) is 0 Å². The molecule has 1 atom stereocenters. The van der Waals surface area contributed by atoms with Gasteiger partial charge in [0.15, 0.2) is 0 Å². The molecule has 0 fully saturated rings. The summed E-state index contributed by atoms with van der Waals surface area (Å²) in [5, 5.41) is 5.50. The summed E-state index contributed by atoms with van der Waals surface area (Å²) in [7, 11) is 0. The van der Waals surface area contributed by atoms with Gasteiger partial charge in [-0.1, -0.05) is 25.4 Å². The van der Waals surface area contributed by atoms with E-state index in [1.807, 2.05) is 20.8 Å². The van der Waals surface area contributed by atoms with E-state index in [0.717, 1.165) is 18.2 Å². The first-order valence-electron chi connectivity index (χ1n) is 6.51. The summed E-state index contributed by atoms with van der Waals surface area (Å²) in [6, 6.07) is 2.92. The number of rotatable bonds is 5. The second-order valence-electron chi connectivity index (χ2n) is 5.15. The van der Waals surface area contributed by atoms with Gasteiger partial charge < -0.3 is 10.6 Å². The van der Waals surface area contributed by atoms with Gasteiger partial charge in [0.05, 0.1) is 22.8 Å². The number of carbonyl (C=O) groups excluding carboxylic acids is 1. The summed E-state index contributed by atoms with van der Waals surface area (Å²) in [5.74, 6) is -0.0317. The molecule has 0 heterocycles. The van der Waals surface area contributed by atoms with Gasteiger partial charge in [-0.3, -0.25) is 4.79 Å². The third-order valence-corrected chi connectivity index (χ3v) is 3.45. The number of amides is 1. The number of benzene rings is 1. The SMILES string of the molecule is CC(C)C(C)NC(=O)CNc1cc(C(F)(F)F)ccc1Cl. The number of anilines is 1. The van der Waals surface area contributed by atoms with Crippen LogP contribution in [-0.4, -0.2) is 18.5 Å². The van der Waals surface area contributed by atoms with E-state index in [9.17, 15) is 18.0 Å². The molecule has 0 aromatic heterocycles. The van der Waals surface area contributed by atoms with Crippen LogP contribution in [0.2, 0.25) is 5.02 Å². The molecule has 1 aromatic rings. The maximum absolute atomic E-state index is 12.6. The first-order chi connectivity index (χ1) is 9.61. The molecule has 0 spiro atoms. The molecule has 0 bridgehead atoms. The second kappa shape index (κ2) is 7.02. The minimum atomic E-state index is -4.45. The zero-order chi connectivity index (χ0) is 16.2. The van der Waals surface area contributed by atoms with Crippen LogP contribution in [0.4, 0.5) is 18.9 Å². The Balaban J connectivity index is 2.69. The summed E-state index contributed by atoms with van der Waals surface area (Å²) in [6.07, 6.45) is -4.45. The predicted molar refractivity (Wildman–Crippen MR) is 77.4 cm³/mol. The zero-order valence-electron chi connectivity index (χ0n) is 12.0. The highest BCUT2D eigenvalue weighted by molar-refractivity contribution is 6.33. The van der Waals surface area contributed by atoms with Gasteiger partial charge >= 0.3 is 6.18 Å². The molecule has 0 saturated carbocycles. The van der Waals surface area contributed by atoms with E-state index in [4.69, 9.17) is 11.6 Å². The van der Waals surface area contributed by atoms with Crippen LogP contribution in [0.3, 0.4) is 0 Å². The molecule has 0 saturated heterocycles. The van der Waals surface area contributed by atoms with Gasteiger partial charge in [0.2, 0.25) is 5.91 Å². The molecule has 1 amide bonds. The van der Waals surface area contributed by atoms with Gasteiger partial charge in [0.1, 0.15) is 0 Å². The number of halogens is 4. The molecule has 2 N–H and O–H groups in total. The molecule has 7 heteroatoms. The minimum Gasteiger partial charge on any atom is -0.375 e. The number of carbonyl (C=O) groups is 1. The van der Waals surface area contributed by atoms with Crippen molar-refractivity contribution < 1.29 is 18.0 Å². The summed E-state index contributed by atoms with van der Waals surface area (Å²) in [4.78, 5) is 11.7. The number of alkyl halides is 3. The fourth-order valence-electron chi connectivity index (χ4n) is 1.48. The van der Waals surface area contributed by atoms with E-state index in [-0.39, 0.29) is 35.1 Å². The fourth-order valence-corrected chi connectivity index (χ4v) is 1.67. The van der Waals surface area contributed by atoms with Crippen LogP contribution < -0.4 is 10.6 Å². The van der Waals surface area contributed by atoms with Crippen molar-refractivity contribution >= 4 is 23.2 Å². The first kappa shape index (κ1) is 17.6. The molecule has 118 valence electrons. The topological polar surface area (TPSA) is 41.1 Å². The summed E-state index contributed by atoms with van der Waals surface area (Å²) in [5.41, 5.74) is -0.732. The Hall–Kier alpha value is -1.43. The van der Waals surface area contributed by atoms with Crippen molar-refractivity contribution in [2.75, 3.05) is 11.9 Å². The fraction of sp³-hybridized carbons (Fsp3) is 0.500. The summed E-state index contributed by atoms with van der Waals surface area (Å²) < 4.78 is 37.8. The van der Waals surface area contributed by atoms with E-state index in [2.05, 4.69) is 10.6 Å². The van der Waals surface area contributed by atoms with Gasteiger partial charge in [-0.2, -0.15) is 13.2 Å². The molecule has 0 aliphatic carbocycles. The lowest BCUT2D eigenvalue weighted by molar-refractivity contribution is -0.137. The standard InChI is InChI=1S/C14H18ClF3N2O/c1-8(2)9(3)20-13(21)7-19-12-6-10(14(16,17)18)4-5-11(12)15/h4-6,8-9,19H,7H2,1-3H3,(H,20,21). The molecular formula is C14H18ClF3N2O. The number of hydrogen-bond donors (Lipinski definition) is 2. The van der Waals surface area contributed by atoms with Crippen LogP contribution in [0.1, 0.15) is 26.3 Å². The minimum absolute atomic E-state index is 0.0173. The van der Waals surface area contributed by atoms with E-state index >= 15 is 0 Å². The Morgan fingerprint density at radius 2 is 1.90 bits per heavy atom. The van der Waals surface area contributed by atoms with Crippen LogP contribution in [0.15, 0.2) is 18.2 Å². The van der Waals surface area contributed by atoms with E-state index in [0.29, 0.717) is 0 Å². The lowest BCUT2D eigenvalue weighted by atomic mass is 10.1. The average molecular weight is 323 g/mol. The summed E-state index contributed by atoms with van der Waals surface area (Å²) in [6.45, 7) is 5.64. The Morgan fingerprint density at radius 3 is 2.43 bits per heavy atom. The molecule has 3 nitrogen and oxygen atoms in total. The van der Waals surface area contributed by atoms with Crippen LogP contribution in [0.25, 0.3) is 0 Å². The van der Waals surface area contributed by atoms with E-state index in [1.165, 1.54) is 0 Å². The Bertz CT molecular complexity index is 503. The monoisotopic (exact) mass is 322 g/mol. The molecular weight excluding hydrogens is 305 g/mol. The van der Waals surface area contributed by atoms with Crippen molar-refractivity contribution in [3.63, 3.8) is 0 Å². The lowest BCUT2D eigenvalue weighted by Gasteiger charge is -2.18. The smallest absolute Gasteiger partial charge is 0.375 e. The Kier molecular flexibility index (Phi) is 5.89. The van der Waals surface area contributed by atoms with Crippen LogP contribution >= 0.6 is 11.6 Å². The van der Waals surface area contributed by atoms with Crippen LogP contribution in [0, 0.1) is 5.92 Å². The molecule has 1 unspecified atom stereocenters. The largest absolute Gasteiger partial charge is 0.416 e. The molecule has 1 aromatic carbocycles. The van der Waals surface area contributed by atoms with Gasteiger partial charge in [0, 0.05) is 6.04 Å². The lowest BCUT2D eigenvalue weighted by Crippen LogP contribution is -2.39. The predicted octanol–water partition coefficient (Wildman–Crippen LogP) is 3.93. The molecule has 21 heavy (non-hydrogen) atoms. The quantitative estimate of drug-likeness (QED) is 0.862. The van der Waals surface area contributed by atoms with Crippen molar-refractivity contribution in [1.82, 2.24) is 5.32 Å². The van der Waals surface area contributed by atoms with Crippen LogP contribution in [-0.2, 0) is 11.0 Å². The van der Waals surface area contributed by atoms with Crippen molar-refractivity contribution in [3.05, 3.63) is 28.8 Å².